The topological polar surface area (TPSA) is 73.6 Å². The number of carbonyl (C=O) groups excluding carboxylic acids is 2. The Hall–Kier alpha value is -3.66. The highest BCUT2D eigenvalue weighted by atomic mass is 19.1. The molecule has 3 rings (SSSR count). The minimum absolute atomic E-state index is 0.0791. The van der Waals surface area contributed by atoms with Crippen molar-refractivity contribution in [3.05, 3.63) is 70.7 Å². The van der Waals surface area contributed by atoms with Crippen LogP contribution in [0.1, 0.15) is 23.6 Å². The van der Waals surface area contributed by atoms with E-state index in [-0.39, 0.29) is 29.7 Å². The van der Waals surface area contributed by atoms with Gasteiger partial charge in [-0.2, -0.15) is 5.26 Å². The Morgan fingerprint density at radius 3 is 2.57 bits per heavy atom. The molecule has 0 aliphatic carbocycles. The number of amides is 2. The maximum absolute atomic E-state index is 13.7. The van der Waals surface area contributed by atoms with Crippen molar-refractivity contribution in [2.45, 2.75) is 18.9 Å². The summed E-state index contributed by atoms with van der Waals surface area (Å²) in [5, 5.41) is 9.30. The number of nitriles is 1. The third-order valence-corrected chi connectivity index (χ3v) is 5.53. The Labute approximate surface area is 174 Å². The molecule has 0 N–H and O–H groups in total. The average molecular weight is 407 g/mol. The molecule has 1 fully saturated rings. The number of rotatable bonds is 4. The van der Waals surface area contributed by atoms with Crippen LogP contribution in [0, 0.1) is 17.1 Å². The van der Waals surface area contributed by atoms with Crippen LogP contribution in [0.4, 0.5) is 4.39 Å². The minimum Gasteiger partial charge on any atom is -0.494 e. The summed E-state index contributed by atoms with van der Waals surface area (Å²) in [5.41, 5.74) is 0.649. The van der Waals surface area contributed by atoms with E-state index in [1.807, 2.05) is 0 Å². The lowest BCUT2D eigenvalue weighted by Crippen LogP contribution is -2.64. The predicted molar refractivity (Wildman–Crippen MR) is 110 cm³/mol. The largest absolute Gasteiger partial charge is 0.494 e. The van der Waals surface area contributed by atoms with Gasteiger partial charge in [0.2, 0.25) is 0 Å². The second kappa shape index (κ2) is 7.99. The lowest BCUT2D eigenvalue weighted by molar-refractivity contribution is -0.155. The average Bonchev–Trinajstić information content (AvgIpc) is 2.76. The van der Waals surface area contributed by atoms with Crippen molar-refractivity contribution in [3.63, 3.8) is 0 Å². The zero-order valence-corrected chi connectivity index (χ0v) is 17.3. The Kier molecular flexibility index (Phi) is 5.61. The fourth-order valence-corrected chi connectivity index (χ4v) is 3.59. The summed E-state index contributed by atoms with van der Waals surface area (Å²) in [6, 6.07) is 13.3. The summed E-state index contributed by atoms with van der Waals surface area (Å²) < 4.78 is 18.8. The quantitative estimate of drug-likeness (QED) is 0.731. The molecule has 0 radical (unpaired) electrons. The van der Waals surface area contributed by atoms with Gasteiger partial charge in [0.15, 0.2) is 11.6 Å². The highest BCUT2D eigenvalue weighted by Gasteiger charge is 2.48. The van der Waals surface area contributed by atoms with Gasteiger partial charge in [0.05, 0.1) is 18.7 Å². The van der Waals surface area contributed by atoms with Crippen LogP contribution in [0.3, 0.4) is 0 Å². The molecule has 2 aromatic carbocycles. The molecule has 1 heterocycles. The van der Waals surface area contributed by atoms with Crippen LogP contribution >= 0.6 is 0 Å². The van der Waals surface area contributed by atoms with E-state index < -0.39 is 11.4 Å². The van der Waals surface area contributed by atoms with Gasteiger partial charge in [-0.1, -0.05) is 24.3 Å². The molecule has 1 aliphatic heterocycles. The number of piperazine rings is 1. The summed E-state index contributed by atoms with van der Waals surface area (Å²) >= 11 is 0. The standard InChI is InChI=1S/C23H22FN3O3/c1-23(13-15-9-10-18(24)20(11-15)30-4)22(29)26(2)19(21(28)27(23)3)12-16-7-5-6-8-17(16)14-25/h5-12H,13H2,1-4H3/b19-12-. The van der Waals surface area contributed by atoms with Gasteiger partial charge in [-0.15, -0.1) is 0 Å². The zero-order chi connectivity index (χ0) is 22.1. The first-order chi connectivity index (χ1) is 14.2. The van der Waals surface area contributed by atoms with Gasteiger partial charge in [0.1, 0.15) is 11.2 Å². The van der Waals surface area contributed by atoms with Gasteiger partial charge in [0, 0.05) is 20.5 Å². The van der Waals surface area contributed by atoms with Crippen LogP contribution in [0.25, 0.3) is 6.08 Å². The molecular formula is C23H22FN3O3. The monoisotopic (exact) mass is 407 g/mol. The fourth-order valence-electron chi connectivity index (χ4n) is 3.59. The SMILES string of the molecule is COc1cc(CC2(C)C(=O)N(C)/C(=C\c3ccccc3C#N)C(=O)N2C)ccc1F. The fraction of sp³-hybridized carbons (Fsp3) is 0.261. The maximum atomic E-state index is 13.7. The molecule has 1 unspecified atom stereocenters. The van der Waals surface area contributed by atoms with Crippen molar-refractivity contribution in [1.29, 1.82) is 5.26 Å². The zero-order valence-electron chi connectivity index (χ0n) is 17.3. The number of carbonyl (C=O) groups is 2. The van der Waals surface area contributed by atoms with Gasteiger partial charge in [-0.3, -0.25) is 9.59 Å². The second-order valence-electron chi connectivity index (χ2n) is 7.38. The van der Waals surface area contributed by atoms with Crippen LogP contribution in [0.5, 0.6) is 5.75 Å². The number of hydrogen-bond donors (Lipinski definition) is 0. The normalized spacial score (nSPS) is 20.5. The van der Waals surface area contributed by atoms with Crippen molar-refractivity contribution in [3.8, 4) is 11.8 Å². The molecule has 0 spiro atoms. The molecule has 6 nitrogen and oxygen atoms in total. The van der Waals surface area contributed by atoms with Crippen LogP contribution < -0.4 is 4.74 Å². The summed E-state index contributed by atoms with van der Waals surface area (Å²) in [7, 11) is 4.48. The lowest BCUT2D eigenvalue weighted by atomic mass is 9.86. The third-order valence-electron chi connectivity index (χ3n) is 5.53. The summed E-state index contributed by atoms with van der Waals surface area (Å²) in [4.78, 5) is 29.2. The molecule has 2 amide bonds. The molecule has 7 heteroatoms. The summed E-state index contributed by atoms with van der Waals surface area (Å²) in [5.74, 6) is -1.05. The molecule has 1 saturated heterocycles. The number of benzene rings is 2. The predicted octanol–water partition coefficient (Wildman–Crippen LogP) is 2.98. The molecule has 154 valence electrons. The highest BCUT2D eigenvalue weighted by Crippen LogP contribution is 2.32. The van der Waals surface area contributed by atoms with Crippen LogP contribution in [0.2, 0.25) is 0 Å². The first-order valence-electron chi connectivity index (χ1n) is 9.32. The molecular weight excluding hydrogens is 385 g/mol. The highest BCUT2D eigenvalue weighted by molar-refractivity contribution is 6.08. The maximum Gasteiger partial charge on any atom is 0.271 e. The molecule has 0 aromatic heterocycles. The van der Waals surface area contributed by atoms with Gasteiger partial charge in [0.25, 0.3) is 11.8 Å². The van der Waals surface area contributed by atoms with Crippen molar-refractivity contribution in [2.75, 3.05) is 21.2 Å². The second-order valence-corrected chi connectivity index (χ2v) is 7.38. The van der Waals surface area contributed by atoms with Crippen molar-refractivity contribution < 1.29 is 18.7 Å². The molecule has 1 aliphatic rings. The van der Waals surface area contributed by atoms with Crippen LogP contribution in [0.15, 0.2) is 48.2 Å². The van der Waals surface area contributed by atoms with E-state index in [0.29, 0.717) is 16.7 Å². The van der Waals surface area contributed by atoms with E-state index in [1.165, 1.54) is 36.1 Å². The summed E-state index contributed by atoms with van der Waals surface area (Å²) in [6.07, 6.45) is 1.74. The number of nitrogens with zero attached hydrogens (tertiary/aromatic N) is 3. The number of likely N-dealkylation sites (N-methyl/N-ethyl adjacent to an activating group) is 2. The van der Waals surface area contributed by atoms with Gasteiger partial charge in [-0.05, 0) is 42.3 Å². The Bertz CT molecular complexity index is 1090. The molecule has 0 bridgehead atoms. The van der Waals surface area contributed by atoms with Crippen molar-refractivity contribution in [1.82, 2.24) is 9.80 Å². The van der Waals surface area contributed by atoms with E-state index in [0.717, 1.165) is 0 Å². The Morgan fingerprint density at radius 2 is 1.90 bits per heavy atom. The smallest absolute Gasteiger partial charge is 0.271 e. The van der Waals surface area contributed by atoms with E-state index in [2.05, 4.69) is 6.07 Å². The van der Waals surface area contributed by atoms with E-state index in [1.54, 1.807) is 50.4 Å². The van der Waals surface area contributed by atoms with Gasteiger partial charge in [-0.25, -0.2) is 4.39 Å². The number of methoxy groups -OCH3 is 1. The van der Waals surface area contributed by atoms with E-state index in [4.69, 9.17) is 4.74 Å². The summed E-state index contributed by atoms with van der Waals surface area (Å²) in [6.45, 7) is 1.68. The van der Waals surface area contributed by atoms with Crippen LogP contribution in [-0.4, -0.2) is 48.4 Å². The van der Waals surface area contributed by atoms with E-state index >= 15 is 0 Å². The molecule has 0 saturated carbocycles. The van der Waals surface area contributed by atoms with Crippen LogP contribution in [-0.2, 0) is 16.0 Å². The van der Waals surface area contributed by atoms with Crippen molar-refractivity contribution >= 4 is 17.9 Å². The molecule has 30 heavy (non-hydrogen) atoms. The third kappa shape index (κ3) is 3.52. The minimum atomic E-state index is -1.17. The number of hydrogen-bond acceptors (Lipinski definition) is 4. The molecule has 1 atom stereocenters. The van der Waals surface area contributed by atoms with Crippen molar-refractivity contribution in [2.24, 2.45) is 0 Å². The van der Waals surface area contributed by atoms with Gasteiger partial charge >= 0.3 is 0 Å². The molecule has 2 aromatic rings. The van der Waals surface area contributed by atoms with Gasteiger partial charge < -0.3 is 14.5 Å². The first-order valence-corrected chi connectivity index (χ1v) is 9.32. The Balaban J connectivity index is 1.98. The Morgan fingerprint density at radius 1 is 1.20 bits per heavy atom. The lowest BCUT2D eigenvalue weighted by Gasteiger charge is -2.45. The number of halogens is 1. The first kappa shape index (κ1) is 21.1. The number of ether oxygens (including phenoxy) is 1. The van der Waals surface area contributed by atoms with E-state index in [9.17, 15) is 19.2 Å².